The van der Waals surface area contributed by atoms with E-state index in [1.54, 1.807) is 35.1 Å². The van der Waals surface area contributed by atoms with Gasteiger partial charge in [-0.05, 0) is 30.2 Å². The molecule has 1 N–H and O–H groups in total. The van der Waals surface area contributed by atoms with Crippen LogP contribution in [-0.2, 0) is 16.1 Å². The van der Waals surface area contributed by atoms with E-state index in [4.69, 9.17) is 4.42 Å². The van der Waals surface area contributed by atoms with Crippen molar-refractivity contribution in [3.05, 3.63) is 59.5 Å². The van der Waals surface area contributed by atoms with Crippen LogP contribution < -0.4 is 5.32 Å². The van der Waals surface area contributed by atoms with Gasteiger partial charge in [0.15, 0.2) is 0 Å². The Morgan fingerprint density at radius 2 is 2.17 bits per heavy atom. The van der Waals surface area contributed by atoms with E-state index in [0.29, 0.717) is 18.1 Å². The molecule has 0 unspecified atom stereocenters. The second kappa shape index (κ2) is 6.91. The number of hydrogen-bond acceptors (Lipinski definition) is 4. The Bertz CT molecular complexity index is 700. The lowest BCUT2D eigenvalue weighted by atomic mass is 10.1. The Balaban J connectivity index is 1.66. The van der Waals surface area contributed by atoms with Gasteiger partial charge in [0.05, 0.1) is 18.6 Å². The van der Waals surface area contributed by atoms with Crippen LogP contribution in [0.2, 0.25) is 0 Å². The van der Waals surface area contributed by atoms with Crippen molar-refractivity contribution in [2.45, 2.75) is 18.8 Å². The van der Waals surface area contributed by atoms with Gasteiger partial charge in [-0.2, -0.15) is 0 Å². The molecule has 120 valence electrons. The van der Waals surface area contributed by atoms with Crippen LogP contribution in [0.4, 0.5) is 0 Å². The molecule has 1 aliphatic rings. The van der Waals surface area contributed by atoms with Crippen LogP contribution in [0.15, 0.2) is 47.1 Å². The highest BCUT2D eigenvalue weighted by Gasteiger charge is 2.34. The fraction of sp³-hybridized carbons (Fsp3) is 0.294. The van der Waals surface area contributed by atoms with Crippen LogP contribution in [-0.4, -0.2) is 29.0 Å². The van der Waals surface area contributed by atoms with Gasteiger partial charge in [-0.25, -0.2) is 0 Å². The van der Waals surface area contributed by atoms with Crippen LogP contribution in [0.3, 0.4) is 0 Å². The van der Waals surface area contributed by atoms with E-state index in [0.717, 1.165) is 11.1 Å². The van der Waals surface area contributed by atoms with E-state index >= 15 is 0 Å². The first-order valence-corrected chi connectivity index (χ1v) is 8.45. The molecular formula is C17H18N2O3S. The molecule has 1 aliphatic heterocycles. The Morgan fingerprint density at radius 3 is 2.91 bits per heavy atom. The van der Waals surface area contributed by atoms with E-state index in [1.807, 2.05) is 31.2 Å². The van der Waals surface area contributed by atoms with E-state index < -0.39 is 0 Å². The number of hydrogen-bond donors (Lipinski definition) is 1. The molecule has 1 aromatic carbocycles. The summed E-state index contributed by atoms with van der Waals surface area (Å²) >= 11 is 1.56. The molecule has 2 aromatic rings. The summed E-state index contributed by atoms with van der Waals surface area (Å²) in [7, 11) is 0. The number of amides is 2. The van der Waals surface area contributed by atoms with Crippen molar-refractivity contribution in [1.29, 1.82) is 0 Å². The van der Waals surface area contributed by atoms with Crippen molar-refractivity contribution < 1.29 is 14.0 Å². The second-order valence-corrected chi connectivity index (χ2v) is 6.47. The van der Waals surface area contributed by atoms with Crippen LogP contribution in [0.5, 0.6) is 0 Å². The zero-order chi connectivity index (χ0) is 16.2. The molecule has 0 bridgehead atoms. The maximum absolute atomic E-state index is 12.1. The molecule has 1 fully saturated rings. The first-order chi connectivity index (χ1) is 11.1. The fourth-order valence-corrected chi connectivity index (χ4v) is 3.84. The Kier molecular flexibility index (Phi) is 4.71. The third-order valence-corrected chi connectivity index (χ3v) is 5.01. The van der Waals surface area contributed by atoms with Crippen molar-refractivity contribution in [1.82, 2.24) is 10.2 Å². The average Bonchev–Trinajstić information content (AvgIpc) is 3.17. The molecule has 6 heteroatoms. The Hall–Kier alpha value is -2.21. The Labute approximate surface area is 139 Å². The minimum absolute atomic E-state index is 0.00333. The molecule has 0 spiro atoms. The SMILES string of the molecule is Cc1ccccc1[C@@H]1SCC(=O)N1CC(=O)NCc1ccco1. The maximum atomic E-state index is 12.1. The van der Waals surface area contributed by atoms with Gasteiger partial charge < -0.3 is 14.6 Å². The van der Waals surface area contributed by atoms with Crippen molar-refractivity contribution >= 4 is 23.6 Å². The standard InChI is InChI=1S/C17H18N2O3S/c1-12-5-2-3-7-14(12)17-19(16(21)11-23-17)10-15(20)18-9-13-6-4-8-22-13/h2-8,17H,9-11H2,1H3,(H,18,20)/t17-/m0/s1. The monoisotopic (exact) mass is 330 g/mol. The Morgan fingerprint density at radius 1 is 1.35 bits per heavy atom. The predicted octanol–water partition coefficient (Wildman–Crippen LogP) is 2.48. The van der Waals surface area contributed by atoms with E-state index in [-0.39, 0.29) is 23.7 Å². The van der Waals surface area contributed by atoms with Crippen LogP contribution >= 0.6 is 11.8 Å². The lowest BCUT2D eigenvalue weighted by Crippen LogP contribution is -2.39. The van der Waals surface area contributed by atoms with Crippen molar-refractivity contribution in [3.63, 3.8) is 0 Å². The molecule has 1 atom stereocenters. The number of carbonyl (C=O) groups excluding carboxylic acids is 2. The largest absolute Gasteiger partial charge is 0.467 e. The lowest BCUT2D eigenvalue weighted by Gasteiger charge is -2.24. The molecule has 1 aromatic heterocycles. The molecule has 2 heterocycles. The van der Waals surface area contributed by atoms with Gasteiger partial charge in [-0.15, -0.1) is 11.8 Å². The summed E-state index contributed by atoms with van der Waals surface area (Å²) in [6.07, 6.45) is 1.57. The summed E-state index contributed by atoms with van der Waals surface area (Å²) in [6.45, 7) is 2.41. The van der Waals surface area contributed by atoms with Gasteiger partial charge in [0.1, 0.15) is 17.7 Å². The summed E-state index contributed by atoms with van der Waals surface area (Å²) < 4.78 is 5.18. The molecular weight excluding hydrogens is 312 g/mol. The van der Waals surface area contributed by atoms with Gasteiger partial charge in [-0.1, -0.05) is 24.3 Å². The van der Waals surface area contributed by atoms with Crippen molar-refractivity contribution in [2.75, 3.05) is 12.3 Å². The van der Waals surface area contributed by atoms with Gasteiger partial charge in [-0.3, -0.25) is 9.59 Å². The van der Waals surface area contributed by atoms with Crippen molar-refractivity contribution in [2.24, 2.45) is 0 Å². The summed E-state index contributed by atoms with van der Waals surface area (Å²) in [5.74, 6) is 0.910. The van der Waals surface area contributed by atoms with Crippen LogP contribution in [0.1, 0.15) is 22.3 Å². The first-order valence-electron chi connectivity index (χ1n) is 7.41. The highest BCUT2D eigenvalue weighted by molar-refractivity contribution is 8.00. The fourth-order valence-electron chi connectivity index (χ4n) is 2.56. The number of benzene rings is 1. The number of nitrogens with one attached hydrogen (secondary N) is 1. The minimum Gasteiger partial charge on any atom is -0.467 e. The van der Waals surface area contributed by atoms with Gasteiger partial charge in [0.25, 0.3) is 0 Å². The molecule has 0 aliphatic carbocycles. The second-order valence-electron chi connectivity index (χ2n) is 5.40. The number of furan rings is 1. The quantitative estimate of drug-likeness (QED) is 0.915. The highest BCUT2D eigenvalue weighted by Crippen LogP contribution is 2.39. The summed E-state index contributed by atoms with van der Waals surface area (Å²) in [5.41, 5.74) is 2.21. The average molecular weight is 330 g/mol. The molecule has 3 rings (SSSR count). The zero-order valence-corrected chi connectivity index (χ0v) is 13.6. The van der Waals surface area contributed by atoms with Gasteiger partial charge in [0, 0.05) is 0 Å². The first kappa shape index (κ1) is 15.7. The van der Waals surface area contributed by atoms with E-state index in [9.17, 15) is 9.59 Å². The van der Waals surface area contributed by atoms with Gasteiger partial charge in [0.2, 0.25) is 11.8 Å². The van der Waals surface area contributed by atoms with Crippen LogP contribution in [0, 0.1) is 6.92 Å². The molecule has 0 saturated carbocycles. The summed E-state index contributed by atoms with van der Waals surface area (Å²) in [4.78, 5) is 25.9. The smallest absolute Gasteiger partial charge is 0.240 e. The lowest BCUT2D eigenvalue weighted by molar-refractivity contribution is -0.133. The maximum Gasteiger partial charge on any atom is 0.240 e. The van der Waals surface area contributed by atoms with Crippen molar-refractivity contribution in [3.8, 4) is 0 Å². The minimum atomic E-state index is -0.184. The number of rotatable bonds is 5. The third kappa shape index (κ3) is 3.59. The number of nitrogens with zero attached hydrogens (tertiary/aromatic N) is 1. The normalized spacial score (nSPS) is 17.5. The van der Waals surface area contributed by atoms with E-state index in [1.165, 1.54) is 0 Å². The van der Waals surface area contributed by atoms with Gasteiger partial charge >= 0.3 is 0 Å². The van der Waals surface area contributed by atoms with E-state index in [2.05, 4.69) is 5.32 Å². The topological polar surface area (TPSA) is 62.6 Å². The predicted molar refractivity (Wildman–Crippen MR) is 88.6 cm³/mol. The summed E-state index contributed by atoms with van der Waals surface area (Å²) in [6, 6.07) is 11.5. The molecule has 23 heavy (non-hydrogen) atoms. The zero-order valence-electron chi connectivity index (χ0n) is 12.8. The molecule has 1 saturated heterocycles. The third-order valence-electron chi connectivity index (χ3n) is 3.78. The number of aryl methyl sites for hydroxylation is 1. The summed E-state index contributed by atoms with van der Waals surface area (Å²) in [5, 5.41) is 2.68. The highest BCUT2D eigenvalue weighted by atomic mass is 32.2. The molecule has 5 nitrogen and oxygen atoms in total. The van der Waals surface area contributed by atoms with Crippen LogP contribution in [0.25, 0.3) is 0 Å². The molecule has 0 radical (unpaired) electrons. The number of carbonyl (C=O) groups is 2. The number of thioether (sulfide) groups is 1. The molecule has 2 amide bonds.